The Hall–Kier alpha value is -0.423. The molecule has 0 bridgehead atoms. The van der Waals surface area contributed by atoms with E-state index in [4.69, 9.17) is 9.53 Å². The molecule has 0 spiro atoms. The van der Waals surface area contributed by atoms with Gasteiger partial charge in [-0.1, -0.05) is 6.92 Å². The van der Waals surface area contributed by atoms with E-state index in [9.17, 15) is 4.46 Å². The largest absolute Gasteiger partial charge is 0.764 e. The van der Waals surface area contributed by atoms with E-state index in [0.717, 1.165) is 6.42 Å². The molecule has 0 heterocycles. The highest BCUT2D eigenvalue weighted by Crippen LogP contribution is 1.80. The molecule has 0 amide bonds. The molecule has 0 aliphatic rings. The van der Waals surface area contributed by atoms with Crippen LogP contribution in [0, 0.1) is 0 Å². The maximum absolute atomic E-state index is 9.94. The minimum absolute atomic E-state index is 0.203. The predicted molar refractivity (Wildman–Crippen MR) is 35.7 cm³/mol. The highest BCUT2D eigenvalue weighted by molar-refractivity contribution is 6.24. The Morgan fingerprint density at radius 2 is 2.10 bits per heavy atom. The maximum Gasteiger partial charge on any atom is 0.764 e. The average molecular weight is 164 g/mol. The summed E-state index contributed by atoms with van der Waals surface area (Å²) in [4.78, 5) is 8.18. The van der Waals surface area contributed by atoms with Gasteiger partial charge in [0, 0.05) is 6.61 Å². The molecular formula is C5H12O4Si. The summed E-state index contributed by atoms with van der Waals surface area (Å²) < 4.78 is 19.3. The molecule has 10 heavy (non-hydrogen) atoms. The highest BCUT2D eigenvalue weighted by atomic mass is 28.3. The van der Waals surface area contributed by atoms with Crippen LogP contribution in [0.3, 0.4) is 0 Å². The zero-order chi connectivity index (χ0) is 7.82. The van der Waals surface area contributed by atoms with E-state index in [1.165, 1.54) is 0 Å². The molecule has 4 nitrogen and oxygen atoms in total. The Morgan fingerprint density at radius 3 is 2.60 bits per heavy atom. The van der Waals surface area contributed by atoms with Crippen LogP contribution < -0.4 is 0 Å². The van der Waals surface area contributed by atoms with E-state index in [1.54, 1.807) is 0 Å². The van der Waals surface area contributed by atoms with Crippen molar-refractivity contribution in [3.8, 4) is 0 Å². The summed E-state index contributed by atoms with van der Waals surface area (Å²) in [5.41, 5.74) is 0. The molecule has 0 aromatic rings. The molecule has 0 radical (unpaired) electrons. The summed E-state index contributed by atoms with van der Waals surface area (Å²) in [5, 5.41) is 0. The summed E-state index contributed by atoms with van der Waals surface area (Å²) in [5.74, 6) is 0. The molecule has 0 saturated heterocycles. The lowest BCUT2D eigenvalue weighted by molar-refractivity contribution is 0.0885. The van der Waals surface area contributed by atoms with Crippen LogP contribution in [0.1, 0.15) is 13.3 Å². The van der Waals surface area contributed by atoms with E-state index in [2.05, 4.69) is 4.43 Å². The van der Waals surface area contributed by atoms with Gasteiger partial charge in [0.25, 0.3) is 0 Å². The summed E-state index contributed by atoms with van der Waals surface area (Å²) in [6, 6.07) is 0. The van der Waals surface area contributed by atoms with Crippen LogP contribution in [0.25, 0.3) is 0 Å². The van der Waals surface area contributed by atoms with Crippen molar-refractivity contribution in [2.24, 2.45) is 0 Å². The van der Waals surface area contributed by atoms with E-state index in [-0.39, 0.29) is 6.61 Å². The SMILES string of the molecule is CCCOCCO[Si](=O)O. The summed E-state index contributed by atoms with van der Waals surface area (Å²) >= 11 is 0. The minimum atomic E-state index is -2.75. The number of hydrogen-bond donors (Lipinski definition) is 1. The first-order valence-electron chi connectivity index (χ1n) is 3.20. The van der Waals surface area contributed by atoms with E-state index in [0.29, 0.717) is 13.2 Å². The molecule has 60 valence electrons. The van der Waals surface area contributed by atoms with E-state index >= 15 is 0 Å². The molecule has 0 saturated carbocycles. The molecule has 1 N–H and O–H groups in total. The third-order valence-corrected chi connectivity index (χ3v) is 1.25. The fraction of sp³-hybridized carbons (Fsp3) is 1.00. The molecular weight excluding hydrogens is 152 g/mol. The van der Waals surface area contributed by atoms with Crippen LogP contribution in [-0.2, 0) is 13.6 Å². The molecule has 5 heteroatoms. The van der Waals surface area contributed by atoms with Crippen molar-refractivity contribution in [2.45, 2.75) is 13.3 Å². The minimum Gasteiger partial charge on any atom is -0.511 e. The molecule has 0 unspecified atom stereocenters. The van der Waals surface area contributed by atoms with Crippen LogP contribution in [0.5, 0.6) is 0 Å². The fourth-order valence-corrected chi connectivity index (χ4v) is 0.692. The molecule has 0 atom stereocenters. The summed E-state index contributed by atoms with van der Waals surface area (Å²) in [6.07, 6.45) is 0.953. The third-order valence-electron chi connectivity index (χ3n) is 0.802. The van der Waals surface area contributed by atoms with Gasteiger partial charge in [-0.3, -0.25) is 4.46 Å². The quantitative estimate of drug-likeness (QED) is 0.437. The normalized spacial score (nSPS) is 9.30. The maximum atomic E-state index is 9.94. The van der Waals surface area contributed by atoms with Crippen molar-refractivity contribution in [1.29, 1.82) is 0 Å². The number of hydrogen-bond acceptors (Lipinski definition) is 3. The van der Waals surface area contributed by atoms with Gasteiger partial charge in [-0.2, -0.15) is 0 Å². The van der Waals surface area contributed by atoms with E-state index in [1.807, 2.05) is 6.92 Å². The lowest BCUT2D eigenvalue weighted by Crippen LogP contribution is -2.11. The van der Waals surface area contributed by atoms with Gasteiger partial charge in [0.15, 0.2) is 0 Å². The van der Waals surface area contributed by atoms with Gasteiger partial charge in [-0.15, -0.1) is 0 Å². The Bertz CT molecular complexity index is 95.6. The van der Waals surface area contributed by atoms with Gasteiger partial charge >= 0.3 is 9.17 Å². The van der Waals surface area contributed by atoms with Crippen molar-refractivity contribution in [1.82, 2.24) is 0 Å². The second-order valence-electron chi connectivity index (χ2n) is 1.73. The third kappa shape index (κ3) is 7.58. The molecule has 0 rings (SSSR count). The predicted octanol–water partition coefficient (Wildman–Crippen LogP) is -0.163. The molecule has 0 aliphatic carbocycles. The van der Waals surface area contributed by atoms with E-state index < -0.39 is 9.17 Å². The summed E-state index contributed by atoms with van der Waals surface area (Å²) in [7, 11) is -2.75. The van der Waals surface area contributed by atoms with Crippen molar-refractivity contribution < 1.29 is 18.4 Å². The first-order chi connectivity index (χ1) is 4.77. The lowest BCUT2D eigenvalue weighted by atomic mass is 10.5. The molecule has 0 aromatic carbocycles. The average Bonchev–Trinajstić information content (AvgIpc) is 1.87. The second kappa shape index (κ2) is 6.69. The standard InChI is InChI=1S/C5H12O4Si/c1-2-3-8-4-5-9-10(6)7/h6H,2-5H2,1H3. The van der Waals surface area contributed by atoms with Gasteiger partial charge < -0.3 is 14.0 Å². The zero-order valence-corrected chi connectivity index (χ0v) is 7.00. The second-order valence-corrected chi connectivity index (χ2v) is 2.55. The van der Waals surface area contributed by atoms with Crippen molar-refractivity contribution in [3.63, 3.8) is 0 Å². The highest BCUT2D eigenvalue weighted by Gasteiger charge is 2.00. The Morgan fingerprint density at radius 1 is 1.40 bits per heavy atom. The van der Waals surface area contributed by atoms with Crippen molar-refractivity contribution >= 4 is 9.17 Å². The molecule has 0 aliphatic heterocycles. The first kappa shape index (κ1) is 9.58. The van der Waals surface area contributed by atoms with Crippen LogP contribution in [0.2, 0.25) is 0 Å². The van der Waals surface area contributed by atoms with Crippen LogP contribution in [0.4, 0.5) is 0 Å². The molecule has 0 fully saturated rings. The van der Waals surface area contributed by atoms with Crippen molar-refractivity contribution in [2.75, 3.05) is 19.8 Å². The Balaban J connectivity index is 2.84. The van der Waals surface area contributed by atoms with Gasteiger partial charge in [0.05, 0.1) is 13.2 Å². The van der Waals surface area contributed by atoms with Crippen LogP contribution in [0.15, 0.2) is 0 Å². The van der Waals surface area contributed by atoms with Gasteiger partial charge in [0.2, 0.25) is 0 Å². The summed E-state index contributed by atoms with van der Waals surface area (Å²) in [6.45, 7) is 3.27. The first-order valence-corrected chi connectivity index (χ1v) is 4.47. The fourth-order valence-electron chi connectivity index (χ4n) is 0.434. The van der Waals surface area contributed by atoms with Crippen molar-refractivity contribution in [3.05, 3.63) is 0 Å². The topological polar surface area (TPSA) is 55.8 Å². The lowest BCUT2D eigenvalue weighted by Gasteiger charge is -2.00. The van der Waals surface area contributed by atoms with Crippen LogP contribution >= 0.6 is 0 Å². The van der Waals surface area contributed by atoms with Gasteiger partial charge in [0.1, 0.15) is 0 Å². The number of ether oxygens (including phenoxy) is 1. The zero-order valence-electron chi connectivity index (χ0n) is 6.00. The monoisotopic (exact) mass is 164 g/mol. The van der Waals surface area contributed by atoms with Crippen LogP contribution in [-0.4, -0.2) is 33.8 Å². The number of rotatable bonds is 6. The van der Waals surface area contributed by atoms with Gasteiger partial charge in [-0.25, -0.2) is 0 Å². The Labute approximate surface area is 61.7 Å². The molecule has 0 aromatic heterocycles. The smallest absolute Gasteiger partial charge is 0.511 e. The Kier molecular flexibility index (Phi) is 6.41. The van der Waals surface area contributed by atoms with Gasteiger partial charge in [-0.05, 0) is 6.42 Å².